The fourth-order valence-electron chi connectivity index (χ4n) is 0.190. The lowest BCUT2D eigenvalue weighted by molar-refractivity contribution is 0.653. The summed E-state index contributed by atoms with van der Waals surface area (Å²) in [6, 6.07) is 0. The van der Waals surface area contributed by atoms with E-state index in [2.05, 4.69) is 0 Å². The van der Waals surface area contributed by atoms with Gasteiger partial charge in [-0.1, -0.05) is 12.7 Å². The van der Waals surface area contributed by atoms with Gasteiger partial charge in [-0.25, -0.2) is 0 Å². The second-order valence-electron chi connectivity index (χ2n) is 1.01. The van der Waals surface area contributed by atoms with E-state index in [0.29, 0.717) is 0 Å². The summed E-state index contributed by atoms with van der Waals surface area (Å²) < 4.78 is 59.0. The monoisotopic (exact) mass is 124 g/mol. The third kappa shape index (κ3) is 5.92. The van der Waals surface area contributed by atoms with Crippen molar-refractivity contribution in [2.45, 2.75) is 25.5 Å². The van der Waals surface area contributed by atoms with E-state index in [9.17, 15) is 0 Å². The SMILES string of the molecule is [2H]C([2H])(CN)C([2H])([2H])C([2H])([2H])C([2H])([2H])CN. The standard InChI is InChI=1S/C6H16N2/c7-5-3-1-2-4-6-8/h1-8H2/i1D2,2D2,3D2,4D2. The van der Waals surface area contributed by atoms with Crippen molar-refractivity contribution in [3.8, 4) is 0 Å². The highest BCUT2D eigenvalue weighted by Crippen LogP contribution is 1.95. The van der Waals surface area contributed by atoms with Gasteiger partial charge >= 0.3 is 0 Å². The maximum Gasteiger partial charge on any atom is 0.0279 e. The molecule has 0 unspecified atom stereocenters. The van der Waals surface area contributed by atoms with Gasteiger partial charge in [0, 0.05) is 11.0 Å². The normalized spacial score (nSPS) is 31.8. The van der Waals surface area contributed by atoms with Crippen LogP contribution < -0.4 is 11.5 Å². The zero-order chi connectivity index (χ0) is 13.4. The Morgan fingerprint density at radius 2 is 1.25 bits per heavy atom. The lowest BCUT2D eigenvalue weighted by Crippen LogP contribution is -2.00. The molecule has 0 aliphatic carbocycles. The molecule has 0 heterocycles. The van der Waals surface area contributed by atoms with Crippen LogP contribution in [0, 0.1) is 0 Å². The van der Waals surface area contributed by atoms with Crippen molar-refractivity contribution in [1.82, 2.24) is 0 Å². The van der Waals surface area contributed by atoms with E-state index < -0.39 is 38.6 Å². The van der Waals surface area contributed by atoms with Crippen LogP contribution in [0.1, 0.15) is 36.5 Å². The Labute approximate surface area is 62.5 Å². The predicted octanol–water partition coefficient (Wildman–Crippen LogP) is 0.464. The van der Waals surface area contributed by atoms with Gasteiger partial charge in [-0.05, 0) is 25.8 Å². The molecule has 0 aliphatic rings. The molecule has 0 aromatic rings. The molecule has 0 aromatic carbocycles. The third-order valence-electron chi connectivity index (χ3n) is 0.443. The number of hydrogen-bond donors (Lipinski definition) is 2. The zero-order valence-corrected chi connectivity index (χ0v) is 4.57. The smallest absolute Gasteiger partial charge is 0.0279 e. The summed E-state index contributed by atoms with van der Waals surface area (Å²) in [6.07, 6.45) is -11.5. The van der Waals surface area contributed by atoms with Crippen LogP contribution in [0.4, 0.5) is 0 Å². The molecule has 0 saturated heterocycles. The lowest BCUT2D eigenvalue weighted by Gasteiger charge is -1.94. The molecule has 0 radical (unpaired) electrons. The number of nitrogens with two attached hydrogens (primary N) is 2. The Hall–Kier alpha value is -0.0800. The van der Waals surface area contributed by atoms with Crippen molar-refractivity contribution in [3.63, 3.8) is 0 Å². The summed E-state index contributed by atoms with van der Waals surface area (Å²) in [5, 5.41) is 0. The molecular weight excluding hydrogens is 100 g/mol. The minimum atomic E-state index is -3.09. The summed E-state index contributed by atoms with van der Waals surface area (Å²) in [5.41, 5.74) is 10.1. The Morgan fingerprint density at radius 1 is 0.875 bits per heavy atom. The fraction of sp³-hybridized carbons (Fsp3) is 1.00. The first kappa shape index (κ1) is 1.70. The largest absolute Gasteiger partial charge is 0.330 e. The van der Waals surface area contributed by atoms with Crippen LogP contribution in [0.25, 0.3) is 0 Å². The van der Waals surface area contributed by atoms with Gasteiger partial charge in [-0.2, -0.15) is 0 Å². The van der Waals surface area contributed by atoms with Crippen molar-refractivity contribution in [2.24, 2.45) is 11.5 Å². The van der Waals surface area contributed by atoms with Gasteiger partial charge in [-0.3, -0.25) is 0 Å². The van der Waals surface area contributed by atoms with Crippen LogP contribution in [-0.2, 0) is 0 Å². The molecule has 8 heavy (non-hydrogen) atoms. The molecule has 0 spiro atoms. The quantitative estimate of drug-likeness (QED) is 0.559. The third-order valence-corrected chi connectivity index (χ3v) is 0.443. The first-order valence-corrected chi connectivity index (χ1v) is 2.27. The van der Waals surface area contributed by atoms with Gasteiger partial charge in [0.15, 0.2) is 0 Å². The van der Waals surface area contributed by atoms with Gasteiger partial charge in [0.1, 0.15) is 0 Å². The summed E-state index contributed by atoms with van der Waals surface area (Å²) in [5.74, 6) is 0. The Balaban J connectivity index is 5.46. The highest BCUT2D eigenvalue weighted by Gasteiger charge is 1.83. The van der Waals surface area contributed by atoms with Crippen LogP contribution in [0.3, 0.4) is 0 Å². The van der Waals surface area contributed by atoms with Gasteiger partial charge < -0.3 is 11.5 Å². The van der Waals surface area contributed by atoms with E-state index >= 15 is 0 Å². The minimum absolute atomic E-state index is 0.750. The van der Waals surface area contributed by atoms with Crippen molar-refractivity contribution < 1.29 is 11.0 Å². The van der Waals surface area contributed by atoms with E-state index in [4.69, 9.17) is 22.4 Å². The van der Waals surface area contributed by atoms with Crippen molar-refractivity contribution in [2.75, 3.05) is 13.1 Å². The van der Waals surface area contributed by atoms with Crippen molar-refractivity contribution >= 4 is 0 Å². The second-order valence-corrected chi connectivity index (χ2v) is 1.01. The van der Waals surface area contributed by atoms with E-state index in [-0.39, 0.29) is 0 Å². The Bertz CT molecular complexity index is 225. The predicted molar refractivity (Wildman–Crippen MR) is 36.6 cm³/mol. The first-order chi connectivity index (χ1) is 6.87. The van der Waals surface area contributed by atoms with Crippen LogP contribution in [0.15, 0.2) is 0 Å². The maximum atomic E-state index is 7.43. The molecule has 0 bridgehead atoms. The molecule has 2 nitrogen and oxygen atoms in total. The highest BCUT2D eigenvalue weighted by molar-refractivity contribution is 4.43. The summed E-state index contributed by atoms with van der Waals surface area (Å²) in [6.45, 7) is -1.50. The first-order valence-electron chi connectivity index (χ1n) is 6.27. The molecule has 0 amide bonds. The fourth-order valence-corrected chi connectivity index (χ4v) is 0.190. The van der Waals surface area contributed by atoms with Gasteiger partial charge in [-0.15, -0.1) is 0 Å². The maximum absolute atomic E-state index is 7.43. The molecule has 2 heteroatoms. The van der Waals surface area contributed by atoms with Gasteiger partial charge in [0.2, 0.25) is 0 Å². The Morgan fingerprint density at radius 3 is 1.50 bits per heavy atom. The highest BCUT2D eigenvalue weighted by atomic mass is 14.5. The number of rotatable bonds is 5. The second kappa shape index (κ2) is 6.92. The minimum Gasteiger partial charge on any atom is -0.330 e. The average molecular weight is 124 g/mol. The molecule has 0 atom stereocenters. The molecule has 50 valence electrons. The van der Waals surface area contributed by atoms with E-state index in [1.165, 1.54) is 0 Å². The zero-order valence-electron chi connectivity index (χ0n) is 12.6. The molecule has 4 N–H and O–H groups in total. The topological polar surface area (TPSA) is 52.0 Å². The van der Waals surface area contributed by atoms with E-state index in [0.717, 1.165) is 0 Å². The van der Waals surface area contributed by atoms with Crippen LogP contribution >= 0.6 is 0 Å². The average Bonchev–Trinajstić information content (AvgIpc) is 2.16. The molecule has 0 aliphatic heterocycles. The van der Waals surface area contributed by atoms with Crippen molar-refractivity contribution in [1.29, 1.82) is 0 Å². The molecule has 0 saturated carbocycles. The van der Waals surface area contributed by atoms with Crippen LogP contribution in [-0.4, -0.2) is 13.1 Å². The van der Waals surface area contributed by atoms with Gasteiger partial charge in [0.25, 0.3) is 0 Å². The van der Waals surface area contributed by atoms with E-state index in [1.807, 2.05) is 0 Å². The Kier molecular flexibility index (Phi) is 1.47. The van der Waals surface area contributed by atoms with Crippen LogP contribution in [0.5, 0.6) is 0 Å². The molecule has 0 aromatic heterocycles. The summed E-state index contributed by atoms with van der Waals surface area (Å²) in [7, 11) is 0. The summed E-state index contributed by atoms with van der Waals surface area (Å²) in [4.78, 5) is 0. The lowest BCUT2D eigenvalue weighted by atomic mass is 10.2. The van der Waals surface area contributed by atoms with Crippen LogP contribution in [0.2, 0.25) is 0 Å². The molecule has 0 fully saturated rings. The molecule has 0 rings (SSSR count). The number of hydrogen-bond acceptors (Lipinski definition) is 2. The molecular formula is C6H16N2. The summed E-state index contributed by atoms with van der Waals surface area (Å²) >= 11 is 0. The van der Waals surface area contributed by atoms with E-state index in [1.54, 1.807) is 0 Å². The van der Waals surface area contributed by atoms with Crippen molar-refractivity contribution in [3.05, 3.63) is 0 Å². The van der Waals surface area contributed by atoms with Gasteiger partial charge in [0.05, 0.1) is 0 Å².